The van der Waals surface area contributed by atoms with E-state index in [4.69, 9.17) is 4.74 Å². The maximum Gasteiger partial charge on any atom is 0.128 e. The van der Waals surface area contributed by atoms with Gasteiger partial charge in [-0.1, -0.05) is 64.5 Å². The van der Waals surface area contributed by atoms with Crippen LogP contribution in [-0.4, -0.2) is 6.21 Å². The van der Waals surface area contributed by atoms with Crippen molar-refractivity contribution in [2.75, 3.05) is 5.43 Å². The predicted octanol–water partition coefficient (Wildman–Crippen LogP) is 5.47. The van der Waals surface area contributed by atoms with E-state index in [1.807, 2.05) is 78.9 Å². The lowest BCUT2D eigenvalue weighted by Crippen LogP contribution is -1.99. The van der Waals surface area contributed by atoms with E-state index in [0.717, 1.165) is 27.0 Å². The highest BCUT2D eigenvalue weighted by Crippen LogP contribution is 2.18. The molecule has 120 valence electrons. The highest BCUT2D eigenvalue weighted by molar-refractivity contribution is 9.10. The summed E-state index contributed by atoms with van der Waals surface area (Å²) in [5.41, 5.74) is 6.00. The largest absolute Gasteiger partial charge is 0.488 e. The molecule has 0 saturated heterocycles. The van der Waals surface area contributed by atoms with Gasteiger partial charge in [0.25, 0.3) is 0 Å². The second kappa shape index (κ2) is 8.31. The molecule has 3 rings (SSSR count). The Morgan fingerprint density at radius 2 is 1.71 bits per heavy atom. The topological polar surface area (TPSA) is 33.6 Å². The molecule has 0 aromatic heterocycles. The molecule has 0 fully saturated rings. The molecule has 0 radical (unpaired) electrons. The zero-order valence-corrected chi connectivity index (χ0v) is 14.6. The van der Waals surface area contributed by atoms with E-state index < -0.39 is 0 Å². The molecular weight excluding hydrogens is 364 g/mol. The van der Waals surface area contributed by atoms with Crippen LogP contribution >= 0.6 is 15.9 Å². The molecular formula is C20H17BrN2O. The number of benzene rings is 3. The summed E-state index contributed by atoms with van der Waals surface area (Å²) >= 11 is 3.44. The first-order valence-corrected chi connectivity index (χ1v) is 8.41. The maximum absolute atomic E-state index is 5.92. The molecule has 3 aromatic carbocycles. The highest BCUT2D eigenvalue weighted by atomic mass is 79.9. The van der Waals surface area contributed by atoms with Crippen LogP contribution in [0.25, 0.3) is 0 Å². The quantitative estimate of drug-likeness (QED) is 0.454. The molecule has 0 saturated carbocycles. The maximum atomic E-state index is 5.92. The van der Waals surface area contributed by atoms with Gasteiger partial charge in [0, 0.05) is 10.0 Å². The molecule has 0 bridgehead atoms. The standard InChI is InChI=1S/C20H17BrN2O/c21-18-10-6-11-19(13-18)23-22-14-17-9-4-5-12-20(17)24-15-16-7-2-1-3-8-16/h1-14,23H,15H2/b22-14+. The Balaban J connectivity index is 1.66. The summed E-state index contributed by atoms with van der Waals surface area (Å²) < 4.78 is 6.93. The van der Waals surface area contributed by atoms with Crippen LogP contribution in [0, 0.1) is 0 Å². The third-order valence-corrected chi connectivity index (χ3v) is 3.87. The smallest absolute Gasteiger partial charge is 0.128 e. The molecule has 1 N–H and O–H groups in total. The van der Waals surface area contributed by atoms with Gasteiger partial charge in [0.15, 0.2) is 0 Å². The van der Waals surface area contributed by atoms with Crippen molar-refractivity contribution >= 4 is 27.8 Å². The first kappa shape index (κ1) is 16.3. The van der Waals surface area contributed by atoms with Crippen molar-refractivity contribution in [2.24, 2.45) is 5.10 Å². The second-order valence-electron chi connectivity index (χ2n) is 5.19. The number of hydrazone groups is 1. The molecule has 0 aliphatic rings. The molecule has 3 aromatic rings. The van der Waals surface area contributed by atoms with Crippen molar-refractivity contribution in [3.63, 3.8) is 0 Å². The van der Waals surface area contributed by atoms with E-state index in [1.54, 1.807) is 6.21 Å². The van der Waals surface area contributed by atoms with E-state index in [9.17, 15) is 0 Å². The van der Waals surface area contributed by atoms with Crippen molar-refractivity contribution in [1.29, 1.82) is 0 Å². The van der Waals surface area contributed by atoms with Crippen LogP contribution in [0.15, 0.2) is 88.4 Å². The van der Waals surface area contributed by atoms with Crippen LogP contribution in [0.1, 0.15) is 11.1 Å². The number of hydrogen-bond acceptors (Lipinski definition) is 3. The lowest BCUT2D eigenvalue weighted by molar-refractivity contribution is 0.306. The fourth-order valence-corrected chi connectivity index (χ4v) is 2.59. The van der Waals surface area contributed by atoms with Crippen molar-refractivity contribution in [2.45, 2.75) is 6.61 Å². The molecule has 0 atom stereocenters. The summed E-state index contributed by atoms with van der Waals surface area (Å²) in [5, 5.41) is 4.29. The number of rotatable bonds is 6. The van der Waals surface area contributed by atoms with Crippen LogP contribution < -0.4 is 10.2 Å². The first-order chi connectivity index (χ1) is 11.8. The minimum atomic E-state index is 0.532. The van der Waals surface area contributed by atoms with E-state index >= 15 is 0 Å². The van der Waals surface area contributed by atoms with Gasteiger partial charge in [-0.3, -0.25) is 5.43 Å². The monoisotopic (exact) mass is 380 g/mol. The summed E-state index contributed by atoms with van der Waals surface area (Å²) in [6, 6.07) is 25.8. The second-order valence-corrected chi connectivity index (χ2v) is 6.11. The van der Waals surface area contributed by atoms with Crippen molar-refractivity contribution in [1.82, 2.24) is 0 Å². The molecule has 0 spiro atoms. The number of ether oxygens (including phenoxy) is 1. The third-order valence-electron chi connectivity index (χ3n) is 3.38. The van der Waals surface area contributed by atoms with Crippen LogP contribution in [0.2, 0.25) is 0 Å². The highest BCUT2D eigenvalue weighted by Gasteiger charge is 2.01. The molecule has 0 unspecified atom stereocenters. The zero-order valence-electron chi connectivity index (χ0n) is 13.0. The Labute approximate surface area is 150 Å². The number of halogens is 1. The molecule has 0 amide bonds. The van der Waals surface area contributed by atoms with Gasteiger partial charge in [-0.25, -0.2) is 0 Å². The summed E-state index contributed by atoms with van der Waals surface area (Å²) in [4.78, 5) is 0. The molecule has 24 heavy (non-hydrogen) atoms. The van der Waals surface area contributed by atoms with Crippen molar-refractivity contribution in [3.05, 3.63) is 94.5 Å². The van der Waals surface area contributed by atoms with Gasteiger partial charge >= 0.3 is 0 Å². The average Bonchev–Trinajstić information content (AvgIpc) is 2.62. The van der Waals surface area contributed by atoms with E-state index in [-0.39, 0.29) is 0 Å². The number of nitrogens with one attached hydrogen (secondary N) is 1. The summed E-state index contributed by atoms with van der Waals surface area (Å²) in [6.45, 7) is 0.532. The van der Waals surface area contributed by atoms with Gasteiger partial charge in [-0.05, 0) is 35.9 Å². The Hall–Kier alpha value is -2.59. The fourth-order valence-electron chi connectivity index (χ4n) is 2.19. The number of nitrogens with zero attached hydrogens (tertiary/aromatic N) is 1. The Morgan fingerprint density at radius 3 is 2.54 bits per heavy atom. The lowest BCUT2D eigenvalue weighted by Gasteiger charge is -2.09. The number of para-hydroxylation sites is 1. The van der Waals surface area contributed by atoms with Crippen LogP contribution in [0.3, 0.4) is 0 Å². The van der Waals surface area contributed by atoms with E-state index in [2.05, 4.69) is 26.5 Å². The van der Waals surface area contributed by atoms with Gasteiger partial charge in [-0.2, -0.15) is 5.10 Å². The molecule has 4 heteroatoms. The predicted molar refractivity (Wildman–Crippen MR) is 103 cm³/mol. The van der Waals surface area contributed by atoms with Crippen molar-refractivity contribution in [3.8, 4) is 5.75 Å². The van der Waals surface area contributed by atoms with Gasteiger partial charge in [0.05, 0.1) is 11.9 Å². The van der Waals surface area contributed by atoms with Crippen LogP contribution in [0.5, 0.6) is 5.75 Å². The van der Waals surface area contributed by atoms with Crippen molar-refractivity contribution < 1.29 is 4.74 Å². The Bertz CT molecular complexity index is 819. The van der Waals surface area contributed by atoms with Gasteiger partial charge < -0.3 is 4.74 Å². The fraction of sp³-hybridized carbons (Fsp3) is 0.0500. The van der Waals surface area contributed by atoms with Gasteiger partial charge in [-0.15, -0.1) is 0 Å². The molecule has 3 nitrogen and oxygen atoms in total. The van der Waals surface area contributed by atoms with Gasteiger partial charge in [0.1, 0.15) is 12.4 Å². The molecule has 0 aliphatic heterocycles. The number of anilines is 1. The van der Waals surface area contributed by atoms with Gasteiger partial charge in [0.2, 0.25) is 0 Å². The third kappa shape index (κ3) is 4.70. The summed E-state index contributed by atoms with van der Waals surface area (Å²) in [5.74, 6) is 0.807. The SMILES string of the molecule is Brc1cccc(N/N=C/c2ccccc2OCc2ccccc2)c1. The normalized spacial score (nSPS) is 10.7. The summed E-state index contributed by atoms with van der Waals surface area (Å²) in [6.07, 6.45) is 1.77. The zero-order chi connectivity index (χ0) is 16.6. The number of hydrogen-bond donors (Lipinski definition) is 1. The van der Waals surface area contributed by atoms with Crippen LogP contribution in [0.4, 0.5) is 5.69 Å². The molecule has 0 aliphatic carbocycles. The minimum Gasteiger partial charge on any atom is -0.488 e. The average molecular weight is 381 g/mol. The summed E-state index contributed by atoms with van der Waals surface area (Å²) in [7, 11) is 0. The Morgan fingerprint density at radius 1 is 0.917 bits per heavy atom. The Kier molecular flexibility index (Phi) is 5.64. The molecule has 0 heterocycles. The van der Waals surface area contributed by atoms with E-state index in [1.165, 1.54) is 0 Å². The first-order valence-electron chi connectivity index (χ1n) is 7.62. The van der Waals surface area contributed by atoms with E-state index in [0.29, 0.717) is 6.61 Å². The minimum absolute atomic E-state index is 0.532. The lowest BCUT2D eigenvalue weighted by atomic mass is 10.2. The van der Waals surface area contributed by atoms with Crippen LogP contribution in [-0.2, 0) is 6.61 Å².